The molecule has 0 radical (unpaired) electrons. The number of hydrogen-bond acceptors (Lipinski definition) is 8. The number of ether oxygens (including phenoxy) is 2. The van der Waals surface area contributed by atoms with E-state index in [4.69, 9.17) is 9.47 Å². The molecule has 0 aromatic heterocycles. The summed E-state index contributed by atoms with van der Waals surface area (Å²) in [5.74, 6) is -1.70. The largest absolute Gasteiger partial charge is 0.491 e. The van der Waals surface area contributed by atoms with Gasteiger partial charge >= 0.3 is 0 Å². The molecule has 0 aliphatic carbocycles. The minimum atomic E-state index is -1.02. The summed E-state index contributed by atoms with van der Waals surface area (Å²) in [5.41, 5.74) is 0.772. The Labute approximate surface area is 270 Å². The first kappa shape index (κ1) is 35.1. The Morgan fingerprint density at radius 3 is 2.37 bits per heavy atom. The van der Waals surface area contributed by atoms with Gasteiger partial charge in [0.1, 0.15) is 36.5 Å². The van der Waals surface area contributed by atoms with Gasteiger partial charge in [-0.25, -0.2) is 0 Å². The zero-order chi connectivity index (χ0) is 33.4. The number of hydrogen-bond donors (Lipinski definition) is 5. The third kappa shape index (κ3) is 9.41. The molecule has 4 aliphatic rings. The number of carbonyl (C=O) groups is 5. The van der Waals surface area contributed by atoms with Gasteiger partial charge in [0, 0.05) is 38.5 Å². The number of fused-ring (bicyclic) bond motifs is 14. The van der Waals surface area contributed by atoms with E-state index in [-0.39, 0.29) is 56.2 Å². The van der Waals surface area contributed by atoms with E-state index in [2.05, 4.69) is 21.3 Å². The average Bonchev–Trinajstić information content (AvgIpc) is 3.43. The van der Waals surface area contributed by atoms with Crippen LogP contribution in [0.15, 0.2) is 24.3 Å². The molecule has 13 nitrogen and oxygen atoms in total. The molecule has 1 aromatic carbocycles. The Hall–Kier alpha value is -3.71. The SMILES string of the molecule is CC[C@@H]1NC(=O)[C@@H](NC(=O)C2CCOCC2)Cc2ccc(cc2)OC[C@H](CC(C)C)NC(=O)[C@@H](C)NC(=O)[C@@H]2C[C@@H](O)CN2C1=O. The molecule has 1 aromatic rings. The Kier molecular flexibility index (Phi) is 12.4. The third-order valence-electron chi connectivity index (χ3n) is 8.78. The standard InChI is InChI=1S/C33H49N5O8/c1-5-26-33(44)38-17-24(39)16-28(38)32(43)34-20(4)29(40)35-23(14-19(2)3)18-46-25-8-6-21(7-9-25)15-27(31(42)36-26)37-30(41)22-10-12-45-13-11-22/h6-9,19-20,22-24,26-28,39H,5,10-18H2,1-4H3,(H,34,43)(H,35,40)(H,36,42)(H,37,41)/t20-,23+,24-,26+,27+,28+/m1/s1. The highest BCUT2D eigenvalue weighted by molar-refractivity contribution is 5.96. The predicted molar refractivity (Wildman–Crippen MR) is 168 cm³/mol. The van der Waals surface area contributed by atoms with E-state index in [0.717, 1.165) is 5.56 Å². The highest BCUT2D eigenvalue weighted by Gasteiger charge is 2.42. The number of rotatable bonds is 5. The lowest BCUT2D eigenvalue weighted by Crippen LogP contribution is -2.58. The van der Waals surface area contributed by atoms with Crippen LogP contribution in [0.4, 0.5) is 0 Å². The van der Waals surface area contributed by atoms with Crippen molar-refractivity contribution < 1.29 is 38.6 Å². The second-order valence-electron chi connectivity index (χ2n) is 13.0. The summed E-state index contributed by atoms with van der Waals surface area (Å²) in [4.78, 5) is 68.5. The predicted octanol–water partition coefficient (Wildman–Crippen LogP) is 0.425. The summed E-state index contributed by atoms with van der Waals surface area (Å²) in [7, 11) is 0. The van der Waals surface area contributed by atoms with Crippen LogP contribution in [0.5, 0.6) is 5.75 Å². The lowest BCUT2D eigenvalue weighted by Gasteiger charge is -2.30. The smallest absolute Gasteiger partial charge is 0.245 e. The fourth-order valence-corrected chi connectivity index (χ4v) is 6.17. The maximum Gasteiger partial charge on any atom is 0.245 e. The Bertz CT molecular complexity index is 1230. The maximum absolute atomic E-state index is 13.8. The zero-order valence-electron chi connectivity index (χ0n) is 27.3. The van der Waals surface area contributed by atoms with E-state index in [1.165, 1.54) is 4.90 Å². The first-order valence-corrected chi connectivity index (χ1v) is 16.4. The van der Waals surface area contributed by atoms with Crippen LogP contribution < -0.4 is 26.0 Å². The van der Waals surface area contributed by atoms with Gasteiger partial charge in [0.15, 0.2) is 0 Å². The highest BCUT2D eigenvalue weighted by Crippen LogP contribution is 2.22. The Morgan fingerprint density at radius 1 is 1.02 bits per heavy atom. The van der Waals surface area contributed by atoms with Crippen molar-refractivity contribution in [3.05, 3.63) is 29.8 Å². The van der Waals surface area contributed by atoms with Crippen molar-refractivity contribution in [1.82, 2.24) is 26.2 Å². The molecule has 6 atom stereocenters. The van der Waals surface area contributed by atoms with Crippen LogP contribution in [0.2, 0.25) is 0 Å². The van der Waals surface area contributed by atoms with Crippen LogP contribution in [-0.4, -0.2) is 102 Å². The molecule has 5 N–H and O–H groups in total. The first-order valence-electron chi connectivity index (χ1n) is 16.4. The molecule has 5 rings (SSSR count). The minimum absolute atomic E-state index is 0.000502. The van der Waals surface area contributed by atoms with Crippen molar-refractivity contribution in [2.75, 3.05) is 26.4 Å². The molecule has 4 aliphatic heterocycles. The summed E-state index contributed by atoms with van der Waals surface area (Å²) < 4.78 is 11.4. The van der Waals surface area contributed by atoms with E-state index in [1.54, 1.807) is 26.0 Å². The van der Waals surface area contributed by atoms with Gasteiger partial charge < -0.3 is 40.7 Å². The summed E-state index contributed by atoms with van der Waals surface area (Å²) in [5, 5.41) is 21.8. The maximum atomic E-state index is 13.8. The minimum Gasteiger partial charge on any atom is -0.491 e. The monoisotopic (exact) mass is 643 g/mol. The molecule has 2 saturated heterocycles. The molecule has 2 bridgehead atoms. The van der Waals surface area contributed by atoms with Crippen molar-refractivity contribution >= 4 is 29.5 Å². The molecule has 254 valence electrons. The van der Waals surface area contributed by atoms with Crippen LogP contribution in [-0.2, 0) is 35.1 Å². The molecule has 46 heavy (non-hydrogen) atoms. The number of benzene rings is 1. The lowest BCUT2D eigenvalue weighted by molar-refractivity contribution is -0.142. The van der Waals surface area contributed by atoms with E-state index < -0.39 is 53.9 Å². The number of aliphatic hydroxyl groups excluding tert-OH is 1. The van der Waals surface area contributed by atoms with Gasteiger partial charge in [0.2, 0.25) is 29.5 Å². The molecule has 0 saturated carbocycles. The van der Waals surface area contributed by atoms with Gasteiger partial charge in [-0.2, -0.15) is 0 Å². The number of aliphatic hydroxyl groups is 1. The van der Waals surface area contributed by atoms with Crippen LogP contribution in [0.25, 0.3) is 0 Å². The van der Waals surface area contributed by atoms with Crippen molar-refractivity contribution in [2.24, 2.45) is 11.8 Å². The quantitative estimate of drug-likeness (QED) is 0.287. The van der Waals surface area contributed by atoms with Crippen LogP contribution in [0, 0.1) is 11.8 Å². The van der Waals surface area contributed by atoms with Gasteiger partial charge in [-0.05, 0) is 56.2 Å². The third-order valence-corrected chi connectivity index (χ3v) is 8.78. The van der Waals surface area contributed by atoms with E-state index in [1.807, 2.05) is 26.0 Å². The first-order chi connectivity index (χ1) is 21.9. The molecular formula is C33H49N5O8. The Balaban J connectivity index is 1.63. The van der Waals surface area contributed by atoms with Crippen molar-refractivity contribution in [3.8, 4) is 5.75 Å². The van der Waals surface area contributed by atoms with Gasteiger partial charge in [-0.3, -0.25) is 24.0 Å². The summed E-state index contributed by atoms with van der Waals surface area (Å²) >= 11 is 0. The normalized spacial score (nSPS) is 29.0. The molecule has 0 unspecified atom stereocenters. The zero-order valence-corrected chi connectivity index (χ0v) is 27.3. The average molecular weight is 644 g/mol. The summed E-state index contributed by atoms with van der Waals surface area (Å²) in [6.45, 7) is 8.43. The Morgan fingerprint density at radius 2 is 1.72 bits per heavy atom. The molecular weight excluding hydrogens is 594 g/mol. The number of nitrogens with one attached hydrogen (secondary N) is 4. The van der Waals surface area contributed by atoms with Crippen LogP contribution in [0.1, 0.15) is 65.4 Å². The van der Waals surface area contributed by atoms with E-state index in [9.17, 15) is 29.1 Å². The fourth-order valence-electron chi connectivity index (χ4n) is 6.17. The van der Waals surface area contributed by atoms with Gasteiger partial charge in [0.25, 0.3) is 0 Å². The number of nitrogens with zero attached hydrogens (tertiary/aromatic N) is 1. The van der Waals surface area contributed by atoms with Gasteiger partial charge in [-0.1, -0.05) is 32.9 Å². The number of carbonyl (C=O) groups excluding carboxylic acids is 5. The topological polar surface area (TPSA) is 175 Å². The lowest BCUT2D eigenvalue weighted by atomic mass is 9.97. The van der Waals surface area contributed by atoms with E-state index in [0.29, 0.717) is 38.2 Å². The van der Waals surface area contributed by atoms with Gasteiger partial charge in [-0.15, -0.1) is 0 Å². The molecule has 2 fully saturated rings. The fraction of sp³-hybridized carbons (Fsp3) is 0.667. The molecule has 4 heterocycles. The molecule has 13 heteroatoms. The van der Waals surface area contributed by atoms with Crippen molar-refractivity contribution in [2.45, 2.75) is 103 Å². The van der Waals surface area contributed by atoms with Crippen molar-refractivity contribution in [3.63, 3.8) is 0 Å². The van der Waals surface area contributed by atoms with Gasteiger partial charge in [0.05, 0.1) is 12.1 Å². The molecule has 0 spiro atoms. The van der Waals surface area contributed by atoms with E-state index >= 15 is 0 Å². The number of amides is 5. The highest BCUT2D eigenvalue weighted by atomic mass is 16.5. The summed E-state index contributed by atoms with van der Waals surface area (Å²) in [6, 6.07) is 2.95. The molecule has 5 amide bonds. The van der Waals surface area contributed by atoms with Crippen LogP contribution >= 0.6 is 0 Å². The summed E-state index contributed by atoms with van der Waals surface area (Å²) in [6.07, 6.45) is 1.20. The van der Waals surface area contributed by atoms with Crippen molar-refractivity contribution in [1.29, 1.82) is 0 Å². The van der Waals surface area contributed by atoms with Crippen LogP contribution in [0.3, 0.4) is 0 Å². The second kappa shape index (κ2) is 16.2. The second-order valence-corrected chi connectivity index (χ2v) is 13.0.